The zero-order valence-corrected chi connectivity index (χ0v) is 19.3. The van der Waals surface area contributed by atoms with Crippen LogP contribution >= 0.6 is 0 Å². The Kier molecular flexibility index (Phi) is 5.34. The van der Waals surface area contributed by atoms with E-state index in [9.17, 15) is 0 Å². The highest BCUT2D eigenvalue weighted by molar-refractivity contribution is 5.61. The van der Waals surface area contributed by atoms with Crippen LogP contribution < -0.4 is 0 Å². The predicted octanol–water partition coefficient (Wildman–Crippen LogP) is 6.65. The second kappa shape index (κ2) is 7.84. The van der Waals surface area contributed by atoms with Crippen LogP contribution in [0.5, 0.6) is 0 Å². The third kappa shape index (κ3) is 4.34. The Morgan fingerprint density at radius 2 is 1.77 bits per heavy atom. The molecule has 4 aromatic rings. The standard InChI is InChI=1S/C27H31N3O/c1-19-23(25-28-13-14-31-25)11-8-12-24(19)27(5,6)16-20-17-29-30(18-20)22-10-7-9-21(15-22)26(2,3)4/h7-15,17-18H,16H2,1-6H3. The van der Waals surface area contributed by atoms with E-state index in [1.165, 1.54) is 22.3 Å². The Morgan fingerprint density at radius 3 is 2.48 bits per heavy atom. The molecule has 0 unspecified atom stereocenters. The summed E-state index contributed by atoms with van der Waals surface area (Å²) in [4.78, 5) is 4.34. The number of aromatic nitrogens is 3. The van der Waals surface area contributed by atoms with Crippen molar-refractivity contribution in [1.82, 2.24) is 14.8 Å². The maximum absolute atomic E-state index is 5.55. The summed E-state index contributed by atoms with van der Waals surface area (Å²) in [7, 11) is 0. The third-order valence-electron chi connectivity index (χ3n) is 5.98. The van der Waals surface area contributed by atoms with Crippen molar-refractivity contribution < 1.29 is 4.42 Å². The van der Waals surface area contributed by atoms with Gasteiger partial charge in [-0.05, 0) is 64.6 Å². The molecule has 0 spiro atoms. The van der Waals surface area contributed by atoms with Crippen LogP contribution in [0.25, 0.3) is 17.1 Å². The number of hydrogen-bond acceptors (Lipinski definition) is 3. The molecule has 4 heteroatoms. The number of rotatable bonds is 5. The van der Waals surface area contributed by atoms with Crippen molar-refractivity contribution >= 4 is 0 Å². The van der Waals surface area contributed by atoms with Crippen LogP contribution in [-0.2, 0) is 17.3 Å². The van der Waals surface area contributed by atoms with Gasteiger partial charge in [0.25, 0.3) is 0 Å². The number of benzene rings is 2. The summed E-state index contributed by atoms with van der Waals surface area (Å²) in [6, 6.07) is 15.0. The molecule has 2 aromatic heterocycles. The van der Waals surface area contributed by atoms with Gasteiger partial charge in [-0.2, -0.15) is 5.10 Å². The lowest BCUT2D eigenvalue weighted by molar-refractivity contribution is 0.518. The Labute approximate surface area is 185 Å². The van der Waals surface area contributed by atoms with Gasteiger partial charge in [0.1, 0.15) is 6.26 Å². The van der Waals surface area contributed by atoms with E-state index in [2.05, 4.69) is 100 Å². The van der Waals surface area contributed by atoms with Gasteiger partial charge in [-0.25, -0.2) is 9.67 Å². The van der Waals surface area contributed by atoms with Gasteiger partial charge in [-0.3, -0.25) is 0 Å². The first kappa shape index (κ1) is 21.1. The molecule has 2 heterocycles. The van der Waals surface area contributed by atoms with E-state index >= 15 is 0 Å². The molecule has 0 aliphatic rings. The Hall–Kier alpha value is -3.14. The normalized spacial score (nSPS) is 12.3. The first-order chi connectivity index (χ1) is 14.6. The highest BCUT2D eigenvalue weighted by atomic mass is 16.3. The smallest absolute Gasteiger partial charge is 0.226 e. The summed E-state index contributed by atoms with van der Waals surface area (Å²) < 4.78 is 7.53. The van der Waals surface area contributed by atoms with Crippen LogP contribution in [0.1, 0.15) is 56.9 Å². The summed E-state index contributed by atoms with van der Waals surface area (Å²) in [5, 5.41) is 4.66. The number of oxazole rings is 1. The van der Waals surface area contributed by atoms with Gasteiger partial charge < -0.3 is 4.42 Å². The molecule has 0 atom stereocenters. The summed E-state index contributed by atoms with van der Waals surface area (Å²) in [5.74, 6) is 0.668. The largest absolute Gasteiger partial charge is 0.445 e. The van der Waals surface area contributed by atoms with E-state index < -0.39 is 0 Å². The molecule has 0 bridgehead atoms. The van der Waals surface area contributed by atoms with Gasteiger partial charge in [0, 0.05) is 11.8 Å². The van der Waals surface area contributed by atoms with Gasteiger partial charge in [-0.1, -0.05) is 58.9 Å². The molecule has 0 N–H and O–H groups in total. The summed E-state index contributed by atoms with van der Waals surface area (Å²) >= 11 is 0. The number of hydrogen-bond donors (Lipinski definition) is 0. The first-order valence-corrected chi connectivity index (χ1v) is 10.8. The zero-order chi connectivity index (χ0) is 22.2. The van der Waals surface area contributed by atoms with Crippen molar-refractivity contribution in [1.29, 1.82) is 0 Å². The molecule has 160 valence electrons. The van der Waals surface area contributed by atoms with E-state index in [4.69, 9.17) is 4.42 Å². The molecular weight excluding hydrogens is 382 g/mol. The summed E-state index contributed by atoms with van der Waals surface area (Å²) in [5.41, 5.74) is 7.22. The monoisotopic (exact) mass is 413 g/mol. The molecule has 4 nitrogen and oxygen atoms in total. The second-order valence-corrected chi connectivity index (χ2v) is 9.97. The Bertz CT molecular complexity index is 1180. The van der Waals surface area contributed by atoms with Gasteiger partial charge in [-0.15, -0.1) is 0 Å². The molecule has 31 heavy (non-hydrogen) atoms. The maximum Gasteiger partial charge on any atom is 0.226 e. The average Bonchev–Trinajstić information content (AvgIpc) is 3.39. The van der Waals surface area contributed by atoms with E-state index in [-0.39, 0.29) is 10.8 Å². The lowest BCUT2D eigenvalue weighted by Crippen LogP contribution is -2.22. The third-order valence-corrected chi connectivity index (χ3v) is 5.98. The fourth-order valence-electron chi connectivity index (χ4n) is 4.27. The van der Waals surface area contributed by atoms with Crippen LogP contribution in [0.15, 0.2) is 71.7 Å². The molecule has 0 aliphatic carbocycles. The van der Waals surface area contributed by atoms with Gasteiger partial charge >= 0.3 is 0 Å². The lowest BCUT2D eigenvalue weighted by atomic mass is 9.77. The van der Waals surface area contributed by atoms with Gasteiger partial charge in [0.15, 0.2) is 0 Å². The molecule has 0 amide bonds. The minimum atomic E-state index is -0.0617. The van der Waals surface area contributed by atoms with Crippen LogP contribution in [0.2, 0.25) is 0 Å². The topological polar surface area (TPSA) is 43.9 Å². The van der Waals surface area contributed by atoms with E-state index in [1.807, 2.05) is 10.9 Å². The molecule has 0 saturated carbocycles. The predicted molar refractivity (Wildman–Crippen MR) is 126 cm³/mol. The molecule has 0 aliphatic heterocycles. The van der Waals surface area contributed by atoms with Gasteiger partial charge in [0.2, 0.25) is 5.89 Å². The van der Waals surface area contributed by atoms with Crippen molar-refractivity contribution in [2.75, 3.05) is 0 Å². The van der Waals surface area contributed by atoms with Gasteiger partial charge in [0.05, 0.1) is 18.1 Å². The highest BCUT2D eigenvalue weighted by Crippen LogP contribution is 2.34. The van der Waals surface area contributed by atoms with Crippen LogP contribution in [0, 0.1) is 6.92 Å². The average molecular weight is 414 g/mol. The molecule has 2 aromatic carbocycles. The molecule has 0 radical (unpaired) electrons. The van der Waals surface area contributed by atoms with E-state index in [0.29, 0.717) is 5.89 Å². The maximum atomic E-state index is 5.55. The SMILES string of the molecule is Cc1c(-c2ncco2)cccc1C(C)(C)Cc1cnn(-c2cccc(C(C)(C)C)c2)c1. The highest BCUT2D eigenvalue weighted by Gasteiger charge is 2.26. The van der Waals surface area contributed by atoms with Crippen molar-refractivity contribution in [3.8, 4) is 17.1 Å². The minimum Gasteiger partial charge on any atom is -0.445 e. The molecule has 0 fully saturated rings. The van der Waals surface area contributed by atoms with Crippen LogP contribution in [0.4, 0.5) is 0 Å². The zero-order valence-electron chi connectivity index (χ0n) is 19.3. The Morgan fingerprint density at radius 1 is 1.00 bits per heavy atom. The molecule has 0 saturated heterocycles. The van der Waals surface area contributed by atoms with E-state index in [1.54, 1.807) is 12.5 Å². The fraction of sp³-hybridized carbons (Fsp3) is 0.333. The first-order valence-electron chi connectivity index (χ1n) is 10.8. The lowest BCUT2D eigenvalue weighted by Gasteiger charge is -2.27. The molecule has 4 rings (SSSR count). The van der Waals surface area contributed by atoms with Crippen LogP contribution in [-0.4, -0.2) is 14.8 Å². The van der Waals surface area contributed by atoms with Crippen LogP contribution in [0.3, 0.4) is 0 Å². The minimum absolute atomic E-state index is 0.0617. The number of nitrogens with zero attached hydrogens (tertiary/aromatic N) is 3. The van der Waals surface area contributed by atoms with Crippen molar-refractivity contribution in [3.63, 3.8) is 0 Å². The summed E-state index contributed by atoms with van der Waals surface area (Å²) in [6.07, 6.45) is 8.34. The van der Waals surface area contributed by atoms with Crippen molar-refractivity contribution in [3.05, 3.63) is 89.6 Å². The second-order valence-electron chi connectivity index (χ2n) is 9.97. The fourth-order valence-corrected chi connectivity index (χ4v) is 4.27. The molecular formula is C27H31N3O. The Balaban J connectivity index is 1.61. The summed E-state index contributed by atoms with van der Waals surface area (Å²) in [6.45, 7) is 13.4. The van der Waals surface area contributed by atoms with Crippen molar-refractivity contribution in [2.45, 2.75) is 58.8 Å². The van der Waals surface area contributed by atoms with E-state index in [0.717, 1.165) is 17.7 Å². The van der Waals surface area contributed by atoms with Crippen molar-refractivity contribution in [2.24, 2.45) is 0 Å². The quantitative estimate of drug-likeness (QED) is 0.368.